The van der Waals surface area contributed by atoms with E-state index in [9.17, 15) is 18.3 Å². The van der Waals surface area contributed by atoms with Crippen molar-refractivity contribution < 1.29 is 18.3 Å². The minimum absolute atomic E-state index is 0.331. The largest absolute Gasteiger partial charge is 0.379 e. The highest BCUT2D eigenvalue weighted by molar-refractivity contribution is 7.90. The highest BCUT2D eigenvalue weighted by Gasteiger charge is 2.37. The third-order valence-electron chi connectivity index (χ3n) is 2.92. The Hall–Kier alpha value is -0.660. The van der Waals surface area contributed by atoms with Crippen molar-refractivity contribution in [2.75, 3.05) is 19.6 Å². The van der Waals surface area contributed by atoms with Crippen LogP contribution in [-0.2, 0) is 14.8 Å². The summed E-state index contributed by atoms with van der Waals surface area (Å²) < 4.78 is 25.1. The van der Waals surface area contributed by atoms with Crippen molar-refractivity contribution in [2.45, 2.75) is 51.9 Å². The van der Waals surface area contributed by atoms with E-state index in [0.717, 1.165) is 0 Å². The number of nitrogens with one attached hydrogen (secondary N) is 1. The van der Waals surface area contributed by atoms with Gasteiger partial charge >= 0.3 is 0 Å². The van der Waals surface area contributed by atoms with Gasteiger partial charge in [-0.2, -0.15) is 0 Å². The Kier molecular flexibility index (Phi) is 5.98. The van der Waals surface area contributed by atoms with Crippen LogP contribution in [-0.4, -0.2) is 54.3 Å². The van der Waals surface area contributed by atoms with Gasteiger partial charge in [-0.05, 0) is 41.5 Å². The number of likely N-dealkylation sites (N-methyl/N-ethyl adjacent to an activating group) is 1. The fraction of sp³-hybridized carbons (Fsp3) is 0.917. The number of carbonyl (C=O) groups is 1. The van der Waals surface area contributed by atoms with E-state index in [1.54, 1.807) is 34.6 Å². The summed E-state index contributed by atoms with van der Waals surface area (Å²) in [6, 6.07) is 0. The van der Waals surface area contributed by atoms with Gasteiger partial charge in [-0.3, -0.25) is 4.79 Å². The van der Waals surface area contributed by atoms with Crippen molar-refractivity contribution in [1.82, 2.24) is 9.62 Å². The van der Waals surface area contributed by atoms with Crippen molar-refractivity contribution in [1.29, 1.82) is 0 Å². The molecule has 7 heteroatoms. The zero-order valence-corrected chi connectivity index (χ0v) is 13.5. The van der Waals surface area contributed by atoms with Crippen LogP contribution in [0.3, 0.4) is 0 Å². The standard InChI is InChI=1S/C12H26N2O4S/c1-7-14(8-2)10(15)12(6,16)9-13-19(17,18)11(3,4)5/h13,16H,7-9H2,1-6H3/t12-/m0/s1. The van der Waals surface area contributed by atoms with Crippen LogP contribution in [0.1, 0.15) is 41.5 Å². The van der Waals surface area contributed by atoms with E-state index in [2.05, 4.69) is 4.72 Å². The summed E-state index contributed by atoms with van der Waals surface area (Å²) in [5, 5.41) is 10.1. The van der Waals surface area contributed by atoms with Crippen molar-refractivity contribution >= 4 is 15.9 Å². The summed E-state index contributed by atoms with van der Waals surface area (Å²) in [6.07, 6.45) is 0. The molecule has 0 aliphatic rings. The van der Waals surface area contributed by atoms with Crippen LogP contribution in [0.15, 0.2) is 0 Å². The van der Waals surface area contributed by atoms with E-state index in [4.69, 9.17) is 0 Å². The van der Waals surface area contributed by atoms with Gasteiger partial charge in [0.05, 0.1) is 4.75 Å². The van der Waals surface area contributed by atoms with Gasteiger partial charge in [0, 0.05) is 19.6 Å². The normalized spacial score (nSPS) is 15.9. The van der Waals surface area contributed by atoms with Crippen LogP contribution in [0.4, 0.5) is 0 Å². The molecule has 1 amide bonds. The first-order valence-corrected chi connectivity index (χ1v) is 7.88. The number of hydrogen-bond acceptors (Lipinski definition) is 4. The molecule has 19 heavy (non-hydrogen) atoms. The van der Waals surface area contributed by atoms with Crippen molar-refractivity contribution in [2.24, 2.45) is 0 Å². The molecule has 0 heterocycles. The molecular weight excluding hydrogens is 268 g/mol. The molecule has 0 spiro atoms. The fourth-order valence-corrected chi connectivity index (χ4v) is 2.28. The Morgan fingerprint density at radius 3 is 1.89 bits per heavy atom. The Bertz CT molecular complexity index is 406. The molecule has 0 aromatic rings. The van der Waals surface area contributed by atoms with E-state index < -0.39 is 26.3 Å². The zero-order valence-electron chi connectivity index (χ0n) is 12.6. The van der Waals surface area contributed by atoms with E-state index >= 15 is 0 Å². The number of amides is 1. The van der Waals surface area contributed by atoms with E-state index in [0.29, 0.717) is 13.1 Å². The first kappa shape index (κ1) is 18.3. The van der Waals surface area contributed by atoms with Crippen molar-refractivity contribution in [3.05, 3.63) is 0 Å². The number of carbonyl (C=O) groups excluding carboxylic acids is 1. The van der Waals surface area contributed by atoms with Crippen LogP contribution >= 0.6 is 0 Å². The molecule has 0 bridgehead atoms. The smallest absolute Gasteiger partial charge is 0.255 e. The number of sulfonamides is 1. The number of aliphatic hydroxyl groups is 1. The minimum Gasteiger partial charge on any atom is -0.379 e. The molecule has 0 aliphatic heterocycles. The van der Waals surface area contributed by atoms with Gasteiger partial charge in [-0.25, -0.2) is 13.1 Å². The van der Waals surface area contributed by atoms with E-state index in [-0.39, 0.29) is 6.54 Å². The molecule has 1 atom stereocenters. The maximum atomic E-state index is 12.0. The van der Waals surface area contributed by atoms with Crippen molar-refractivity contribution in [3.63, 3.8) is 0 Å². The monoisotopic (exact) mass is 294 g/mol. The van der Waals surface area contributed by atoms with Gasteiger partial charge < -0.3 is 10.0 Å². The summed E-state index contributed by atoms with van der Waals surface area (Å²) >= 11 is 0. The highest BCUT2D eigenvalue weighted by atomic mass is 32.2. The molecule has 0 aromatic heterocycles. The molecule has 0 aromatic carbocycles. The Morgan fingerprint density at radius 1 is 1.16 bits per heavy atom. The molecule has 0 unspecified atom stereocenters. The SMILES string of the molecule is CCN(CC)C(=O)[C@@](C)(O)CNS(=O)(=O)C(C)(C)C. The van der Waals surface area contributed by atoms with Crippen LogP contribution in [0, 0.1) is 0 Å². The van der Waals surface area contributed by atoms with Gasteiger partial charge in [0.2, 0.25) is 10.0 Å². The third kappa shape index (κ3) is 4.74. The molecule has 0 saturated carbocycles. The predicted molar refractivity (Wildman–Crippen MR) is 75.2 cm³/mol. The molecule has 6 nitrogen and oxygen atoms in total. The Morgan fingerprint density at radius 2 is 1.58 bits per heavy atom. The number of hydrogen-bond donors (Lipinski definition) is 2. The van der Waals surface area contributed by atoms with Gasteiger partial charge in [0.25, 0.3) is 5.91 Å². The van der Waals surface area contributed by atoms with Gasteiger partial charge in [0.15, 0.2) is 5.60 Å². The van der Waals surface area contributed by atoms with Crippen molar-refractivity contribution in [3.8, 4) is 0 Å². The molecule has 114 valence electrons. The van der Waals surface area contributed by atoms with Crippen LogP contribution < -0.4 is 4.72 Å². The third-order valence-corrected chi connectivity index (χ3v) is 5.06. The minimum atomic E-state index is -3.58. The lowest BCUT2D eigenvalue weighted by atomic mass is 10.1. The number of nitrogens with zero attached hydrogens (tertiary/aromatic N) is 1. The second kappa shape index (κ2) is 6.19. The van der Waals surface area contributed by atoms with E-state index in [1.165, 1.54) is 11.8 Å². The van der Waals surface area contributed by atoms with Crippen LogP contribution in [0.2, 0.25) is 0 Å². The lowest BCUT2D eigenvalue weighted by Gasteiger charge is -2.30. The summed E-state index contributed by atoms with van der Waals surface area (Å²) in [6.45, 7) is 10.2. The van der Waals surface area contributed by atoms with Crippen LogP contribution in [0.25, 0.3) is 0 Å². The molecule has 0 rings (SSSR count). The molecular formula is C12H26N2O4S. The number of rotatable bonds is 6. The first-order valence-electron chi connectivity index (χ1n) is 6.40. The maximum absolute atomic E-state index is 12.0. The maximum Gasteiger partial charge on any atom is 0.255 e. The molecule has 0 saturated heterocycles. The molecule has 0 aliphatic carbocycles. The second-order valence-electron chi connectivity index (χ2n) is 5.69. The second-order valence-corrected chi connectivity index (χ2v) is 8.21. The quantitative estimate of drug-likeness (QED) is 0.739. The van der Waals surface area contributed by atoms with Crippen LogP contribution in [0.5, 0.6) is 0 Å². The summed E-state index contributed by atoms with van der Waals surface area (Å²) in [7, 11) is -3.58. The van der Waals surface area contributed by atoms with Gasteiger partial charge in [0.1, 0.15) is 0 Å². The molecule has 0 radical (unpaired) electrons. The van der Waals surface area contributed by atoms with E-state index in [1.807, 2.05) is 0 Å². The first-order chi connectivity index (χ1) is 8.39. The zero-order chi connectivity index (χ0) is 15.5. The lowest BCUT2D eigenvalue weighted by molar-refractivity contribution is -0.148. The fourth-order valence-electron chi connectivity index (χ4n) is 1.38. The average Bonchev–Trinajstić information content (AvgIpc) is 2.26. The highest BCUT2D eigenvalue weighted by Crippen LogP contribution is 2.15. The average molecular weight is 294 g/mol. The Labute approximate surface area is 116 Å². The predicted octanol–water partition coefficient (Wildman–Crippen LogP) is 0.324. The lowest BCUT2D eigenvalue weighted by Crippen LogP contribution is -2.55. The van der Waals surface area contributed by atoms with Gasteiger partial charge in [-0.1, -0.05) is 0 Å². The molecule has 2 N–H and O–H groups in total. The van der Waals surface area contributed by atoms with Gasteiger partial charge in [-0.15, -0.1) is 0 Å². The summed E-state index contributed by atoms with van der Waals surface area (Å²) in [5.74, 6) is -0.478. The topological polar surface area (TPSA) is 86.7 Å². The summed E-state index contributed by atoms with van der Waals surface area (Å²) in [5.41, 5.74) is -1.75. The summed E-state index contributed by atoms with van der Waals surface area (Å²) in [4.78, 5) is 13.5. The molecule has 0 fully saturated rings. The Balaban J connectivity index is 4.86.